The first-order chi connectivity index (χ1) is 8.60. The van der Waals surface area contributed by atoms with E-state index in [1.54, 1.807) is 0 Å². The molecule has 4 nitrogen and oxygen atoms in total. The van der Waals surface area contributed by atoms with Gasteiger partial charge in [-0.1, -0.05) is 0 Å². The van der Waals surface area contributed by atoms with Crippen LogP contribution in [0.1, 0.15) is 5.69 Å². The van der Waals surface area contributed by atoms with Crippen LogP contribution in [0, 0.1) is 17.1 Å². The molecule has 1 aromatic heterocycles. The summed E-state index contributed by atoms with van der Waals surface area (Å²) in [5.74, 6) is 0.239. The molecule has 0 bridgehead atoms. The lowest BCUT2D eigenvalue weighted by molar-refractivity contribution is 0.458. The molecule has 90 valence electrons. The number of nitrogens with zero attached hydrogens (tertiary/aromatic N) is 2. The molecule has 2 rings (SSSR count). The standard InChI is InChI=1S/C12H7BrFN3O/c13-8-5-7(14)1-3-11(8)18-12-4-2-9(16)10(6-15)17-12/h1-5H,16H2. The van der Waals surface area contributed by atoms with E-state index in [9.17, 15) is 4.39 Å². The number of pyridine rings is 1. The summed E-state index contributed by atoms with van der Waals surface area (Å²) in [6, 6.07) is 8.92. The molecular weight excluding hydrogens is 301 g/mol. The van der Waals surface area contributed by atoms with Gasteiger partial charge in [0, 0.05) is 6.07 Å². The van der Waals surface area contributed by atoms with Gasteiger partial charge in [0.25, 0.3) is 0 Å². The average molecular weight is 308 g/mol. The minimum atomic E-state index is -0.378. The van der Waals surface area contributed by atoms with Crippen LogP contribution >= 0.6 is 15.9 Å². The van der Waals surface area contributed by atoms with E-state index in [4.69, 9.17) is 15.7 Å². The Balaban J connectivity index is 2.32. The summed E-state index contributed by atoms with van der Waals surface area (Å²) in [5.41, 5.74) is 5.91. The molecule has 2 N–H and O–H groups in total. The van der Waals surface area contributed by atoms with Crippen LogP contribution in [0.2, 0.25) is 0 Å². The first kappa shape index (κ1) is 12.3. The third-order valence-electron chi connectivity index (χ3n) is 2.12. The van der Waals surface area contributed by atoms with Gasteiger partial charge < -0.3 is 10.5 Å². The molecule has 1 aromatic carbocycles. The second-order valence-corrected chi connectivity index (χ2v) is 4.23. The molecule has 18 heavy (non-hydrogen) atoms. The number of hydrogen-bond acceptors (Lipinski definition) is 4. The Morgan fingerprint density at radius 3 is 2.78 bits per heavy atom. The van der Waals surface area contributed by atoms with Crippen molar-refractivity contribution in [2.24, 2.45) is 0 Å². The molecule has 0 aliphatic carbocycles. The van der Waals surface area contributed by atoms with Crippen molar-refractivity contribution in [1.29, 1.82) is 5.26 Å². The zero-order valence-corrected chi connectivity index (χ0v) is 10.6. The van der Waals surface area contributed by atoms with E-state index in [0.29, 0.717) is 10.2 Å². The van der Waals surface area contributed by atoms with Gasteiger partial charge in [0.05, 0.1) is 10.2 Å². The highest BCUT2D eigenvalue weighted by Gasteiger charge is 2.07. The van der Waals surface area contributed by atoms with Crippen LogP contribution in [0.25, 0.3) is 0 Å². The number of nitrogens with two attached hydrogens (primary N) is 1. The van der Waals surface area contributed by atoms with E-state index < -0.39 is 0 Å². The Morgan fingerprint density at radius 2 is 2.11 bits per heavy atom. The molecule has 0 saturated carbocycles. The number of nitrogen functional groups attached to an aromatic ring is 1. The summed E-state index contributed by atoms with van der Waals surface area (Å²) in [5, 5.41) is 8.79. The van der Waals surface area contributed by atoms with E-state index in [-0.39, 0.29) is 23.1 Å². The Labute approximate surface area is 111 Å². The van der Waals surface area contributed by atoms with Gasteiger partial charge in [-0.25, -0.2) is 9.37 Å². The van der Waals surface area contributed by atoms with Crippen LogP contribution in [-0.2, 0) is 0 Å². The van der Waals surface area contributed by atoms with Crippen LogP contribution in [-0.4, -0.2) is 4.98 Å². The van der Waals surface area contributed by atoms with Crippen molar-refractivity contribution < 1.29 is 9.13 Å². The SMILES string of the molecule is N#Cc1nc(Oc2ccc(F)cc2Br)ccc1N. The van der Waals surface area contributed by atoms with Crippen LogP contribution in [0.5, 0.6) is 11.6 Å². The van der Waals surface area contributed by atoms with Crippen LogP contribution in [0.4, 0.5) is 10.1 Å². The summed E-state index contributed by atoms with van der Waals surface area (Å²) in [4.78, 5) is 3.93. The van der Waals surface area contributed by atoms with Crippen LogP contribution < -0.4 is 10.5 Å². The van der Waals surface area contributed by atoms with E-state index in [1.807, 2.05) is 6.07 Å². The molecule has 0 amide bonds. The molecule has 1 heterocycles. The molecule has 0 aliphatic rings. The maximum atomic E-state index is 12.9. The van der Waals surface area contributed by atoms with E-state index in [2.05, 4.69) is 20.9 Å². The second-order valence-electron chi connectivity index (χ2n) is 3.38. The molecule has 2 aromatic rings. The van der Waals surface area contributed by atoms with Gasteiger partial charge in [0.2, 0.25) is 5.88 Å². The number of anilines is 1. The molecule has 6 heteroatoms. The Morgan fingerprint density at radius 1 is 1.33 bits per heavy atom. The minimum Gasteiger partial charge on any atom is -0.438 e. The predicted molar refractivity (Wildman–Crippen MR) is 67.5 cm³/mol. The molecule has 0 fully saturated rings. The van der Waals surface area contributed by atoms with Crippen molar-refractivity contribution in [2.45, 2.75) is 0 Å². The van der Waals surface area contributed by atoms with Crippen molar-refractivity contribution in [2.75, 3.05) is 5.73 Å². The number of benzene rings is 1. The van der Waals surface area contributed by atoms with Gasteiger partial charge >= 0.3 is 0 Å². The lowest BCUT2D eigenvalue weighted by atomic mass is 10.3. The maximum Gasteiger partial charge on any atom is 0.220 e. The fourth-order valence-corrected chi connectivity index (χ4v) is 1.70. The molecule has 0 atom stereocenters. The zero-order chi connectivity index (χ0) is 13.1. The summed E-state index contributed by atoms with van der Waals surface area (Å²) in [6.07, 6.45) is 0. The maximum absolute atomic E-state index is 12.9. The van der Waals surface area contributed by atoms with E-state index >= 15 is 0 Å². The van der Waals surface area contributed by atoms with Gasteiger partial charge in [-0.05, 0) is 40.2 Å². The van der Waals surface area contributed by atoms with Crippen molar-refractivity contribution >= 4 is 21.6 Å². The smallest absolute Gasteiger partial charge is 0.220 e. The van der Waals surface area contributed by atoms with Crippen molar-refractivity contribution in [3.8, 4) is 17.7 Å². The number of ether oxygens (including phenoxy) is 1. The number of hydrogen-bond donors (Lipinski definition) is 1. The molecular formula is C12H7BrFN3O. The van der Waals surface area contributed by atoms with Gasteiger partial charge in [0.1, 0.15) is 17.6 Å². The Bertz CT molecular complexity index is 640. The first-order valence-electron chi connectivity index (χ1n) is 4.89. The lowest BCUT2D eigenvalue weighted by Gasteiger charge is -2.07. The Hall–Kier alpha value is -2.13. The molecule has 0 radical (unpaired) electrons. The molecule has 0 unspecified atom stereocenters. The van der Waals surface area contributed by atoms with Crippen LogP contribution in [0.15, 0.2) is 34.8 Å². The number of aromatic nitrogens is 1. The monoisotopic (exact) mass is 307 g/mol. The highest BCUT2D eigenvalue weighted by Crippen LogP contribution is 2.29. The van der Waals surface area contributed by atoms with Crippen molar-refractivity contribution in [3.05, 3.63) is 46.3 Å². The van der Waals surface area contributed by atoms with Gasteiger partial charge in [-0.2, -0.15) is 5.26 Å². The second kappa shape index (κ2) is 5.02. The van der Waals surface area contributed by atoms with E-state index in [0.717, 1.165) is 0 Å². The largest absolute Gasteiger partial charge is 0.438 e. The molecule has 0 aliphatic heterocycles. The highest BCUT2D eigenvalue weighted by atomic mass is 79.9. The fourth-order valence-electron chi connectivity index (χ4n) is 1.27. The quantitative estimate of drug-likeness (QED) is 0.924. The summed E-state index contributed by atoms with van der Waals surface area (Å²) in [6.45, 7) is 0. The zero-order valence-electron chi connectivity index (χ0n) is 9.02. The number of nitriles is 1. The van der Waals surface area contributed by atoms with Gasteiger partial charge in [-0.15, -0.1) is 0 Å². The highest BCUT2D eigenvalue weighted by molar-refractivity contribution is 9.10. The van der Waals surface area contributed by atoms with Crippen molar-refractivity contribution in [1.82, 2.24) is 4.98 Å². The summed E-state index contributed by atoms with van der Waals surface area (Å²) in [7, 11) is 0. The first-order valence-corrected chi connectivity index (χ1v) is 5.69. The third-order valence-corrected chi connectivity index (χ3v) is 2.73. The van der Waals surface area contributed by atoms with E-state index in [1.165, 1.54) is 30.3 Å². The third kappa shape index (κ3) is 2.57. The summed E-state index contributed by atoms with van der Waals surface area (Å²) < 4.78 is 18.8. The number of halogens is 2. The predicted octanol–water partition coefficient (Wildman–Crippen LogP) is 3.23. The topological polar surface area (TPSA) is 71.9 Å². The normalized spacial score (nSPS) is 9.83. The van der Waals surface area contributed by atoms with Crippen LogP contribution in [0.3, 0.4) is 0 Å². The Kier molecular flexibility index (Phi) is 3.44. The van der Waals surface area contributed by atoms with Gasteiger partial charge in [-0.3, -0.25) is 0 Å². The minimum absolute atomic E-state index is 0.0886. The molecule has 0 spiro atoms. The van der Waals surface area contributed by atoms with Crippen molar-refractivity contribution in [3.63, 3.8) is 0 Å². The molecule has 0 saturated heterocycles. The van der Waals surface area contributed by atoms with Gasteiger partial charge in [0.15, 0.2) is 5.69 Å². The summed E-state index contributed by atoms with van der Waals surface area (Å²) >= 11 is 3.17. The fraction of sp³-hybridized carbons (Fsp3) is 0. The number of rotatable bonds is 2. The average Bonchev–Trinajstić information content (AvgIpc) is 2.35. The lowest BCUT2D eigenvalue weighted by Crippen LogP contribution is -1.96.